The van der Waals surface area contributed by atoms with Crippen LogP contribution in [-0.2, 0) is 0 Å². The Bertz CT molecular complexity index is 567. The van der Waals surface area contributed by atoms with Crippen LogP contribution in [0.2, 0.25) is 0 Å². The largest absolute Gasteiger partial charge is 0.453 e. The van der Waals surface area contributed by atoms with Crippen LogP contribution in [0.25, 0.3) is 0 Å². The second-order valence-electron chi connectivity index (χ2n) is 6.04. The Morgan fingerprint density at radius 2 is 2.10 bits per heavy atom. The Kier molecular flexibility index (Phi) is 2.99. The third-order valence-electron chi connectivity index (χ3n) is 4.97. The number of amides is 1. The summed E-state index contributed by atoms with van der Waals surface area (Å²) in [5.41, 5.74) is 0.392. The summed E-state index contributed by atoms with van der Waals surface area (Å²) in [6, 6.07) is 2.27. The Hall–Kier alpha value is -1.82. The van der Waals surface area contributed by atoms with Crippen molar-refractivity contribution in [1.29, 1.82) is 0 Å². The highest BCUT2D eigenvalue weighted by atomic mass is 16.7. The van der Waals surface area contributed by atoms with Crippen LogP contribution >= 0.6 is 0 Å². The molecule has 0 aliphatic carbocycles. The molecule has 5 rings (SSSR count). The molecule has 1 aromatic rings. The molecule has 0 saturated carbocycles. The minimum atomic E-state index is -0.126. The molecular weight excluding hydrogens is 270 g/mol. The lowest BCUT2D eigenvalue weighted by Gasteiger charge is -2.49. The van der Waals surface area contributed by atoms with E-state index in [1.165, 1.54) is 12.8 Å². The average Bonchev–Trinajstić information content (AvgIpc) is 2.98. The van der Waals surface area contributed by atoms with Gasteiger partial charge in [-0.2, -0.15) is 0 Å². The number of piperidine rings is 3. The van der Waals surface area contributed by atoms with E-state index in [0.29, 0.717) is 29.2 Å². The molecular formula is C15H19N3O3. The molecule has 21 heavy (non-hydrogen) atoms. The molecule has 2 unspecified atom stereocenters. The molecule has 0 aromatic carbocycles. The zero-order valence-electron chi connectivity index (χ0n) is 12.0. The molecule has 3 saturated heterocycles. The van der Waals surface area contributed by atoms with Crippen molar-refractivity contribution >= 4 is 5.91 Å². The first-order chi connectivity index (χ1) is 10.2. The Morgan fingerprint density at radius 3 is 2.86 bits per heavy atom. The fourth-order valence-electron chi connectivity index (χ4n) is 3.70. The molecule has 2 atom stereocenters. The van der Waals surface area contributed by atoms with Gasteiger partial charge in [-0.1, -0.05) is 0 Å². The number of ether oxygens (including phenoxy) is 2. The molecule has 1 aromatic heterocycles. The molecule has 4 aliphatic heterocycles. The number of aromatic nitrogens is 1. The van der Waals surface area contributed by atoms with E-state index < -0.39 is 0 Å². The normalized spacial score (nSPS) is 33.0. The van der Waals surface area contributed by atoms with Crippen molar-refractivity contribution in [3.8, 4) is 11.5 Å². The van der Waals surface area contributed by atoms with Crippen molar-refractivity contribution < 1.29 is 14.3 Å². The number of carbonyl (C=O) groups excluding carboxylic acids is 1. The molecule has 3 fully saturated rings. The molecule has 6 heteroatoms. The fraction of sp³-hybridized carbons (Fsp3) is 0.600. The zero-order chi connectivity index (χ0) is 14.4. The summed E-state index contributed by atoms with van der Waals surface area (Å²) >= 11 is 0. The van der Waals surface area contributed by atoms with Gasteiger partial charge in [0.15, 0.2) is 11.5 Å². The lowest BCUT2D eigenvalue weighted by molar-refractivity contribution is 0.0216. The van der Waals surface area contributed by atoms with Gasteiger partial charge in [0.25, 0.3) is 5.91 Å². The quantitative estimate of drug-likeness (QED) is 0.881. The van der Waals surface area contributed by atoms with E-state index in [2.05, 4.69) is 22.1 Å². The van der Waals surface area contributed by atoms with Crippen molar-refractivity contribution in [3.63, 3.8) is 0 Å². The van der Waals surface area contributed by atoms with Gasteiger partial charge in [0, 0.05) is 18.2 Å². The van der Waals surface area contributed by atoms with Gasteiger partial charge in [0.05, 0.1) is 6.20 Å². The molecule has 5 heterocycles. The summed E-state index contributed by atoms with van der Waals surface area (Å²) < 4.78 is 10.5. The lowest BCUT2D eigenvalue weighted by Crippen LogP contribution is -2.62. The van der Waals surface area contributed by atoms with Crippen LogP contribution in [0.1, 0.15) is 30.3 Å². The van der Waals surface area contributed by atoms with Gasteiger partial charge in [0.1, 0.15) is 5.69 Å². The molecule has 0 radical (unpaired) electrons. The monoisotopic (exact) mass is 289 g/mol. The average molecular weight is 289 g/mol. The summed E-state index contributed by atoms with van der Waals surface area (Å²) in [5, 5.41) is 3.17. The minimum absolute atomic E-state index is 0.126. The third kappa shape index (κ3) is 2.14. The van der Waals surface area contributed by atoms with Crippen molar-refractivity contribution in [3.05, 3.63) is 18.0 Å². The van der Waals surface area contributed by atoms with E-state index in [9.17, 15) is 4.79 Å². The number of nitrogens with one attached hydrogen (secondary N) is 1. The van der Waals surface area contributed by atoms with Crippen LogP contribution in [0.3, 0.4) is 0 Å². The SMILES string of the molecule is CC1C(NC(=O)c2cc3c(cn2)OCO3)C2CCN1CC2. The van der Waals surface area contributed by atoms with Crippen molar-refractivity contribution in [2.24, 2.45) is 5.92 Å². The van der Waals surface area contributed by atoms with Crippen LogP contribution in [0.5, 0.6) is 11.5 Å². The van der Waals surface area contributed by atoms with Crippen LogP contribution in [0, 0.1) is 5.92 Å². The Balaban J connectivity index is 1.50. The first-order valence-corrected chi connectivity index (χ1v) is 7.53. The maximum atomic E-state index is 12.4. The topological polar surface area (TPSA) is 63.7 Å². The summed E-state index contributed by atoms with van der Waals surface area (Å²) in [4.78, 5) is 19.1. The lowest BCUT2D eigenvalue weighted by atomic mass is 9.79. The van der Waals surface area contributed by atoms with Gasteiger partial charge in [0.2, 0.25) is 6.79 Å². The molecule has 4 aliphatic rings. The maximum absolute atomic E-state index is 12.4. The fourth-order valence-corrected chi connectivity index (χ4v) is 3.70. The van der Waals surface area contributed by atoms with Crippen LogP contribution in [0.15, 0.2) is 12.3 Å². The maximum Gasteiger partial charge on any atom is 0.270 e. The molecule has 0 spiro atoms. The zero-order valence-corrected chi connectivity index (χ0v) is 12.0. The van der Waals surface area contributed by atoms with Crippen LogP contribution in [0.4, 0.5) is 0 Å². The highest BCUT2D eigenvalue weighted by molar-refractivity contribution is 5.93. The first-order valence-electron chi connectivity index (χ1n) is 7.53. The minimum Gasteiger partial charge on any atom is -0.453 e. The predicted molar refractivity (Wildman–Crippen MR) is 75.4 cm³/mol. The Morgan fingerprint density at radius 1 is 1.33 bits per heavy atom. The van der Waals surface area contributed by atoms with E-state index in [1.807, 2.05) is 0 Å². The van der Waals surface area contributed by atoms with E-state index in [0.717, 1.165) is 13.1 Å². The summed E-state index contributed by atoms with van der Waals surface area (Å²) in [6.45, 7) is 4.70. The summed E-state index contributed by atoms with van der Waals surface area (Å²) in [6.07, 6.45) is 3.89. The summed E-state index contributed by atoms with van der Waals surface area (Å²) in [7, 11) is 0. The van der Waals surface area contributed by atoms with Gasteiger partial charge in [-0.15, -0.1) is 0 Å². The van der Waals surface area contributed by atoms with E-state index >= 15 is 0 Å². The first kappa shape index (κ1) is 12.9. The standard InChI is InChI=1S/C15H19N3O3/c1-9-14(10-2-4-18(9)5-3-10)17-15(19)11-6-12-13(7-16-11)21-8-20-12/h6-7,9-10,14H,2-5,8H2,1H3,(H,17,19). The number of carbonyl (C=O) groups is 1. The van der Waals surface area contributed by atoms with Crippen LogP contribution < -0.4 is 14.8 Å². The van der Waals surface area contributed by atoms with Crippen molar-refractivity contribution in [2.45, 2.75) is 31.8 Å². The number of hydrogen-bond donors (Lipinski definition) is 1. The number of rotatable bonds is 2. The predicted octanol–water partition coefficient (Wildman–Crippen LogP) is 1.02. The molecule has 1 N–H and O–H groups in total. The number of fused-ring (bicyclic) bond motifs is 4. The smallest absolute Gasteiger partial charge is 0.270 e. The second kappa shape index (κ2) is 4.87. The summed E-state index contributed by atoms with van der Waals surface area (Å²) in [5.74, 6) is 1.65. The van der Waals surface area contributed by atoms with Crippen molar-refractivity contribution in [2.75, 3.05) is 19.9 Å². The second-order valence-corrected chi connectivity index (χ2v) is 6.04. The highest BCUT2D eigenvalue weighted by Crippen LogP contribution is 2.33. The van der Waals surface area contributed by atoms with E-state index in [4.69, 9.17) is 9.47 Å². The third-order valence-corrected chi connectivity index (χ3v) is 4.97. The van der Waals surface area contributed by atoms with E-state index in [-0.39, 0.29) is 18.7 Å². The number of pyridine rings is 1. The molecule has 112 valence electrons. The Labute approximate surface area is 123 Å². The molecule has 6 nitrogen and oxygen atoms in total. The number of hydrogen-bond acceptors (Lipinski definition) is 5. The molecule has 2 bridgehead atoms. The van der Waals surface area contributed by atoms with Gasteiger partial charge in [-0.3, -0.25) is 9.69 Å². The highest BCUT2D eigenvalue weighted by Gasteiger charge is 2.40. The van der Waals surface area contributed by atoms with Gasteiger partial charge < -0.3 is 14.8 Å². The van der Waals surface area contributed by atoms with E-state index in [1.54, 1.807) is 12.3 Å². The number of nitrogens with zero attached hydrogens (tertiary/aromatic N) is 2. The molecule has 1 amide bonds. The van der Waals surface area contributed by atoms with Gasteiger partial charge >= 0.3 is 0 Å². The van der Waals surface area contributed by atoms with Crippen molar-refractivity contribution in [1.82, 2.24) is 15.2 Å². The van der Waals surface area contributed by atoms with Gasteiger partial charge in [-0.25, -0.2) is 4.98 Å². The van der Waals surface area contributed by atoms with Gasteiger partial charge in [-0.05, 0) is 38.8 Å². The van der Waals surface area contributed by atoms with Crippen LogP contribution in [-0.4, -0.2) is 47.8 Å².